The van der Waals surface area contributed by atoms with E-state index < -0.39 is 0 Å². The Morgan fingerprint density at radius 3 is 2.55 bits per heavy atom. The van der Waals surface area contributed by atoms with Crippen LogP contribution in [0, 0.1) is 6.92 Å². The van der Waals surface area contributed by atoms with Crippen molar-refractivity contribution >= 4 is 35.1 Å². The highest BCUT2D eigenvalue weighted by molar-refractivity contribution is 5.99. The van der Waals surface area contributed by atoms with Gasteiger partial charge in [0.05, 0.1) is 13.0 Å². The number of nitrogens with zero attached hydrogens (tertiary/aromatic N) is 1. The van der Waals surface area contributed by atoms with Gasteiger partial charge in [-0.15, -0.1) is 12.4 Å². The summed E-state index contributed by atoms with van der Waals surface area (Å²) in [6.45, 7) is 4.06. The highest BCUT2D eigenvalue weighted by atomic mass is 35.5. The second-order valence-electron chi connectivity index (χ2n) is 6.32. The molecule has 1 aromatic heterocycles. The van der Waals surface area contributed by atoms with E-state index in [0.29, 0.717) is 23.7 Å². The van der Waals surface area contributed by atoms with Crippen LogP contribution in [0.15, 0.2) is 47.3 Å². The van der Waals surface area contributed by atoms with Gasteiger partial charge < -0.3 is 15.0 Å². The molecule has 8 heteroatoms. The zero-order valence-corrected chi connectivity index (χ0v) is 17.0. The van der Waals surface area contributed by atoms with Gasteiger partial charge >= 0.3 is 5.97 Å². The van der Waals surface area contributed by atoms with Gasteiger partial charge in [0.25, 0.3) is 11.5 Å². The van der Waals surface area contributed by atoms with Crippen LogP contribution in [0.1, 0.15) is 29.4 Å². The molecule has 0 saturated carbocycles. The first kappa shape index (κ1) is 22.1. The summed E-state index contributed by atoms with van der Waals surface area (Å²) in [6, 6.07) is 12.4. The molecule has 0 bridgehead atoms. The Bertz CT molecular complexity index is 1090. The lowest BCUT2D eigenvalue weighted by atomic mass is 10.0. The molecule has 0 atom stereocenters. The number of fused-ring (bicyclic) bond motifs is 1. The molecule has 7 nitrogen and oxygen atoms in total. The van der Waals surface area contributed by atoms with E-state index in [1.54, 1.807) is 26.0 Å². The van der Waals surface area contributed by atoms with Crippen molar-refractivity contribution in [1.82, 2.24) is 15.3 Å². The molecule has 2 aromatic carbocycles. The lowest BCUT2D eigenvalue weighted by Gasteiger charge is -2.08. The van der Waals surface area contributed by atoms with Crippen LogP contribution < -0.4 is 10.9 Å². The Morgan fingerprint density at radius 1 is 1.10 bits per heavy atom. The number of H-pyrrole nitrogens is 1. The molecule has 3 rings (SSSR count). The first-order valence-corrected chi connectivity index (χ1v) is 9.02. The van der Waals surface area contributed by atoms with Crippen LogP contribution in [0.4, 0.5) is 0 Å². The number of hydrogen-bond donors (Lipinski definition) is 2. The van der Waals surface area contributed by atoms with Crippen LogP contribution in [0.2, 0.25) is 0 Å². The molecule has 1 heterocycles. The zero-order valence-electron chi connectivity index (χ0n) is 16.2. The first-order chi connectivity index (χ1) is 13.5. The maximum atomic E-state index is 12.3. The van der Waals surface area contributed by atoms with Gasteiger partial charge in [-0.2, -0.15) is 0 Å². The number of carbonyl (C=O) groups is 2. The van der Waals surface area contributed by atoms with Crippen LogP contribution in [0.3, 0.4) is 0 Å². The Labute approximate surface area is 173 Å². The monoisotopic (exact) mass is 415 g/mol. The predicted molar refractivity (Wildman–Crippen MR) is 113 cm³/mol. The van der Waals surface area contributed by atoms with E-state index in [4.69, 9.17) is 4.74 Å². The molecule has 3 aromatic rings. The molecule has 0 aliphatic rings. The van der Waals surface area contributed by atoms with E-state index in [-0.39, 0.29) is 42.8 Å². The molecule has 1 amide bonds. The summed E-state index contributed by atoms with van der Waals surface area (Å²) < 4.78 is 4.83. The smallest absolute Gasteiger partial charge is 0.307 e. The molecule has 0 radical (unpaired) electrons. The van der Waals surface area contributed by atoms with Crippen molar-refractivity contribution in [3.05, 3.63) is 64.1 Å². The predicted octanol–water partition coefficient (Wildman–Crippen LogP) is 3.00. The Morgan fingerprint density at radius 2 is 1.83 bits per heavy atom. The number of aryl methyl sites for hydroxylation is 1. The summed E-state index contributed by atoms with van der Waals surface area (Å²) in [4.78, 5) is 42.4. The molecule has 0 unspecified atom stereocenters. The van der Waals surface area contributed by atoms with Crippen LogP contribution in [-0.4, -0.2) is 35.0 Å². The van der Waals surface area contributed by atoms with Crippen LogP contribution in [-0.2, 0) is 9.53 Å². The number of ether oxygens (including phenoxy) is 1. The molecule has 0 aliphatic heterocycles. The molecule has 0 fully saturated rings. The topological polar surface area (TPSA) is 101 Å². The van der Waals surface area contributed by atoms with Gasteiger partial charge in [-0.05, 0) is 42.8 Å². The summed E-state index contributed by atoms with van der Waals surface area (Å²) >= 11 is 0. The molecule has 0 spiro atoms. The third-order valence-electron chi connectivity index (χ3n) is 4.17. The number of carbonyl (C=O) groups excluding carboxylic acids is 2. The Hall–Kier alpha value is -3.19. The number of esters is 1. The Kier molecular flexibility index (Phi) is 7.50. The molecular weight excluding hydrogens is 394 g/mol. The largest absolute Gasteiger partial charge is 0.466 e. The zero-order chi connectivity index (χ0) is 20.1. The molecule has 2 N–H and O–H groups in total. The summed E-state index contributed by atoms with van der Waals surface area (Å²) in [5, 5.41) is 4.52. The lowest BCUT2D eigenvalue weighted by Crippen LogP contribution is -2.26. The van der Waals surface area contributed by atoms with E-state index in [1.165, 1.54) is 6.07 Å². The number of aromatic amines is 1. The average molecular weight is 416 g/mol. The van der Waals surface area contributed by atoms with Crippen molar-refractivity contribution in [3.8, 4) is 11.4 Å². The van der Waals surface area contributed by atoms with E-state index in [2.05, 4.69) is 15.3 Å². The van der Waals surface area contributed by atoms with Gasteiger partial charge in [0.2, 0.25) is 0 Å². The third-order valence-corrected chi connectivity index (χ3v) is 4.17. The van der Waals surface area contributed by atoms with E-state index >= 15 is 0 Å². The maximum absolute atomic E-state index is 12.3. The number of hydrogen-bond acceptors (Lipinski definition) is 5. The Balaban J connectivity index is 0.00000300. The second-order valence-corrected chi connectivity index (χ2v) is 6.32. The number of halogens is 1. The number of benzene rings is 2. The van der Waals surface area contributed by atoms with Crippen molar-refractivity contribution < 1.29 is 14.3 Å². The minimum Gasteiger partial charge on any atom is -0.466 e. The van der Waals surface area contributed by atoms with Crippen LogP contribution in [0.25, 0.3) is 22.2 Å². The molecular formula is C21H22ClN3O4. The highest BCUT2D eigenvalue weighted by Gasteiger charge is 2.09. The van der Waals surface area contributed by atoms with Gasteiger partial charge in [0, 0.05) is 29.4 Å². The molecule has 29 heavy (non-hydrogen) atoms. The maximum Gasteiger partial charge on any atom is 0.307 e. The van der Waals surface area contributed by atoms with Crippen molar-refractivity contribution in [2.75, 3.05) is 13.2 Å². The van der Waals surface area contributed by atoms with E-state index in [9.17, 15) is 14.4 Å². The van der Waals surface area contributed by atoms with E-state index in [1.807, 2.05) is 24.3 Å². The van der Waals surface area contributed by atoms with Crippen molar-refractivity contribution in [2.45, 2.75) is 20.3 Å². The number of aromatic nitrogens is 2. The van der Waals surface area contributed by atoms with Crippen molar-refractivity contribution in [1.29, 1.82) is 0 Å². The fourth-order valence-corrected chi connectivity index (χ4v) is 2.86. The summed E-state index contributed by atoms with van der Waals surface area (Å²) in [5.74, 6) is -0.0794. The van der Waals surface area contributed by atoms with Crippen molar-refractivity contribution in [3.63, 3.8) is 0 Å². The van der Waals surface area contributed by atoms with Crippen molar-refractivity contribution in [2.24, 2.45) is 0 Å². The standard InChI is InChI=1S/C21H21N3O4.ClH/c1-3-28-19(26)8-9-22-21(27)17-7-5-14-11-16(6-4-15(14)12-17)20-23-13(2)10-18(25)24-20;/h4-7,10-12H,3,8-9H2,1-2H3,(H,22,27)(H,23,24,25);1H. The quantitative estimate of drug-likeness (QED) is 0.602. The molecule has 0 saturated heterocycles. The SMILES string of the molecule is CCOC(=O)CCNC(=O)c1ccc2cc(-c3nc(C)cc(=O)[nH]3)ccc2c1.Cl. The minimum absolute atomic E-state index is 0. The second kappa shape index (κ2) is 9.84. The third kappa shape index (κ3) is 5.65. The van der Waals surface area contributed by atoms with Gasteiger partial charge in [0.1, 0.15) is 5.82 Å². The molecule has 152 valence electrons. The minimum atomic E-state index is -0.336. The average Bonchev–Trinajstić information content (AvgIpc) is 2.66. The number of nitrogens with one attached hydrogen (secondary N) is 2. The van der Waals surface area contributed by atoms with Gasteiger partial charge in [-0.25, -0.2) is 4.98 Å². The van der Waals surface area contributed by atoms with Crippen LogP contribution >= 0.6 is 12.4 Å². The first-order valence-electron chi connectivity index (χ1n) is 9.02. The summed E-state index contributed by atoms with van der Waals surface area (Å²) in [7, 11) is 0. The fourth-order valence-electron chi connectivity index (χ4n) is 2.86. The molecule has 0 aliphatic carbocycles. The summed E-state index contributed by atoms with van der Waals surface area (Å²) in [6.07, 6.45) is 0.137. The fraction of sp³-hybridized carbons (Fsp3) is 0.238. The normalized spacial score (nSPS) is 10.3. The van der Waals surface area contributed by atoms with E-state index in [0.717, 1.165) is 16.3 Å². The van der Waals surface area contributed by atoms with Gasteiger partial charge in [-0.3, -0.25) is 14.4 Å². The van der Waals surface area contributed by atoms with Crippen LogP contribution in [0.5, 0.6) is 0 Å². The summed E-state index contributed by atoms with van der Waals surface area (Å²) in [5.41, 5.74) is 1.75. The lowest BCUT2D eigenvalue weighted by molar-refractivity contribution is -0.142. The van der Waals surface area contributed by atoms with Gasteiger partial charge in [-0.1, -0.05) is 18.2 Å². The number of amides is 1. The number of rotatable bonds is 6. The highest BCUT2D eigenvalue weighted by Crippen LogP contribution is 2.22. The van der Waals surface area contributed by atoms with Gasteiger partial charge in [0.15, 0.2) is 0 Å².